The molecule has 0 saturated heterocycles. The van der Waals surface area contributed by atoms with Crippen LogP contribution in [0, 0.1) is 17.8 Å². The number of fused-ring (bicyclic) bond motifs is 3. The zero-order valence-electron chi connectivity index (χ0n) is 23.8. The summed E-state index contributed by atoms with van der Waals surface area (Å²) in [7, 11) is 3.62. The molecule has 0 spiro atoms. The van der Waals surface area contributed by atoms with E-state index in [1.54, 1.807) is 18.2 Å². The molecule has 220 valence electrons. The molecule has 1 amide bonds. The number of allylic oxidation sites excluding steroid dienone is 1. The van der Waals surface area contributed by atoms with E-state index in [-0.39, 0.29) is 47.3 Å². The van der Waals surface area contributed by atoms with E-state index in [2.05, 4.69) is 5.32 Å². The molecule has 0 aliphatic heterocycles. The van der Waals surface area contributed by atoms with Gasteiger partial charge in [0.15, 0.2) is 17.2 Å². The summed E-state index contributed by atoms with van der Waals surface area (Å²) in [4.78, 5) is 41.1. The highest BCUT2D eigenvalue weighted by atomic mass is 16.4. The Balaban J connectivity index is 1.62. The number of nitrogens with zero attached hydrogens (tertiary/aromatic N) is 1. The number of aliphatic hydroxyl groups is 3. The minimum absolute atomic E-state index is 0.0495. The second-order valence-electron chi connectivity index (χ2n) is 12.6. The molecule has 0 bridgehead atoms. The number of anilines is 1. The van der Waals surface area contributed by atoms with E-state index in [1.165, 1.54) is 0 Å². The zero-order valence-corrected chi connectivity index (χ0v) is 23.8. The second kappa shape index (κ2) is 9.71. The maximum absolute atomic E-state index is 14.1. The number of rotatable bonds is 5. The van der Waals surface area contributed by atoms with Crippen molar-refractivity contribution in [2.45, 2.75) is 63.8 Å². The van der Waals surface area contributed by atoms with Gasteiger partial charge in [0.1, 0.15) is 28.9 Å². The summed E-state index contributed by atoms with van der Waals surface area (Å²) in [5.41, 5.74) is 3.91. The van der Waals surface area contributed by atoms with Gasteiger partial charge in [0, 0.05) is 36.8 Å². The van der Waals surface area contributed by atoms with E-state index < -0.39 is 52.7 Å². The van der Waals surface area contributed by atoms with Crippen LogP contribution in [0.2, 0.25) is 0 Å². The van der Waals surface area contributed by atoms with Gasteiger partial charge in [-0.15, -0.1) is 0 Å². The number of primary amides is 1. The Hall–Kier alpha value is -3.67. The molecule has 1 fully saturated rings. The lowest BCUT2D eigenvalue weighted by molar-refractivity contribution is -0.167. The lowest BCUT2D eigenvalue weighted by Crippen LogP contribution is -2.63. The number of carbonyl (C=O) groups excluding carboxylic acids is 3. The third kappa shape index (κ3) is 4.52. The molecule has 1 aromatic heterocycles. The third-order valence-electron chi connectivity index (χ3n) is 8.57. The first-order valence-electron chi connectivity index (χ1n) is 13.7. The molecule has 3 aliphatic rings. The van der Waals surface area contributed by atoms with Crippen molar-refractivity contribution in [3.8, 4) is 17.1 Å². The predicted molar refractivity (Wildman–Crippen MR) is 149 cm³/mol. The number of benzene rings is 1. The maximum Gasteiger partial charge on any atom is 0.230 e. The van der Waals surface area contributed by atoms with E-state index in [0.717, 1.165) is 0 Å². The fourth-order valence-corrected chi connectivity index (χ4v) is 6.53. The Morgan fingerprint density at radius 2 is 1.88 bits per heavy atom. The Morgan fingerprint density at radius 1 is 1.20 bits per heavy atom. The van der Waals surface area contributed by atoms with Crippen LogP contribution in [0.3, 0.4) is 0 Å². The van der Waals surface area contributed by atoms with Crippen molar-refractivity contribution in [2.75, 3.05) is 19.0 Å². The number of phenols is 1. The SMILES string of the molecule is CN(C)c1cc(-c2ccc(CNC(C)(C)C)o2)c(O)c2c1C[C@H]1C[C@H]3CC(O)C(C(N)=O)C(=O)[C@@]3(O)C(O)=C1C2=O. The lowest BCUT2D eigenvalue weighted by Gasteiger charge is -2.48. The third-order valence-corrected chi connectivity index (χ3v) is 8.57. The Bertz CT molecular complexity index is 1480. The van der Waals surface area contributed by atoms with Crippen molar-refractivity contribution in [2.24, 2.45) is 23.5 Å². The number of furan rings is 1. The standard InChI is InChI=1S/C30H37N3O8/c1-29(2,3)32-12-15-6-7-20(41-15)17-11-18(33(4)5)16-9-13-8-14-10-19(34)23(28(31)39)27(38)30(14,40)26(37)21(13)25(36)22(16)24(17)35/h6-7,11,13-14,19,23,32,34-35,37,40H,8-10,12H2,1-5H3,(H2,31,39)/t13-,14+,19?,23?,30+/m1/s1. The number of hydrogen-bond acceptors (Lipinski definition) is 10. The van der Waals surface area contributed by atoms with E-state index >= 15 is 0 Å². The molecule has 1 aromatic carbocycles. The van der Waals surface area contributed by atoms with Crippen LogP contribution in [-0.2, 0) is 22.6 Å². The fourth-order valence-electron chi connectivity index (χ4n) is 6.53. The van der Waals surface area contributed by atoms with Gasteiger partial charge in [0.05, 0.1) is 23.8 Å². The van der Waals surface area contributed by atoms with Gasteiger partial charge in [-0.1, -0.05) is 0 Å². The Morgan fingerprint density at radius 3 is 2.49 bits per heavy atom. The van der Waals surface area contributed by atoms with Crippen LogP contribution >= 0.6 is 0 Å². The first kappa shape index (κ1) is 28.8. The number of Topliss-reactive ketones (excluding diaryl/α,β-unsaturated/α-hetero) is 2. The van der Waals surface area contributed by atoms with Gasteiger partial charge >= 0.3 is 0 Å². The molecule has 5 rings (SSSR count). The molecule has 2 aromatic rings. The molecule has 0 radical (unpaired) electrons. The van der Waals surface area contributed by atoms with Crippen LogP contribution in [0.25, 0.3) is 11.3 Å². The van der Waals surface area contributed by atoms with Gasteiger partial charge in [-0.05, 0) is 69.7 Å². The zero-order chi connectivity index (χ0) is 30.2. The molecule has 2 unspecified atom stereocenters. The summed E-state index contributed by atoms with van der Waals surface area (Å²) in [5.74, 6) is -6.42. The van der Waals surface area contributed by atoms with Gasteiger partial charge < -0.3 is 40.8 Å². The largest absolute Gasteiger partial charge is 0.508 e. The Kier molecular flexibility index (Phi) is 6.83. The molecule has 3 aliphatic carbocycles. The van der Waals surface area contributed by atoms with Crippen LogP contribution in [0.5, 0.6) is 5.75 Å². The van der Waals surface area contributed by atoms with Gasteiger partial charge in [0.25, 0.3) is 0 Å². The van der Waals surface area contributed by atoms with E-state index in [0.29, 0.717) is 29.3 Å². The van der Waals surface area contributed by atoms with Gasteiger partial charge in [-0.3, -0.25) is 14.4 Å². The van der Waals surface area contributed by atoms with Crippen LogP contribution < -0.4 is 16.0 Å². The molecule has 7 N–H and O–H groups in total. The number of aliphatic hydroxyl groups excluding tert-OH is 2. The number of nitrogens with one attached hydrogen (secondary N) is 1. The number of aromatic hydroxyl groups is 1. The summed E-state index contributed by atoms with van der Waals surface area (Å²) >= 11 is 0. The maximum atomic E-state index is 14.1. The van der Waals surface area contributed by atoms with Crippen molar-refractivity contribution < 1.29 is 39.2 Å². The van der Waals surface area contributed by atoms with Crippen molar-refractivity contribution in [1.29, 1.82) is 0 Å². The molecule has 41 heavy (non-hydrogen) atoms. The highest BCUT2D eigenvalue weighted by molar-refractivity contribution is 6.17. The number of amides is 1. The van der Waals surface area contributed by atoms with E-state index in [9.17, 15) is 34.8 Å². The first-order valence-corrected chi connectivity index (χ1v) is 13.7. The van der Waals surface area contributed by atoms with Gasteiger partial charge in [-0.25, -0.2) is 0 Å². The van der Waals surface area contributed by atoms with Crippen LogP contribution in [0.1, 0.15) is 55.3 Å². The Labute approximate surface area is 237 Å². The number of carbonyl (C=O) groups is 3. The molecule has 1 saturated carbocycles. The average Bonchev–Trinajstić information content (AvgIpc) is 3.33. The van der Waals surface area contributed by atoms with Crippen LogP contribution in [0.4, 0.5) is 5.69 Å². The second-order valence-corrected chi connectivity index (χ2v) is 12.6. The number of phenolic OH excluding ortho intramolecular Hbond substituents is 1. The molecular formula is C30H37N3O8. The van der Waals surface area contributed by atoms with Gasteiger partial charge in [-0.2, -0.15) is 0 Å². The normalized spacial score (nSPS) is 27.8. The topological polar surface area (TPSA) is 187 Å². The minimum atomic E-state index is -2.55. The summed E-state index contributed by atoms with van der Waals surface area (Å²) in [6.45, 7) is 6.53. The molecule has 11 heteroatoms. The number of hydrogen-bond donors (Lipinski definition) is 6. The van der Waals surface area contributed by atoms with Gasteiger partial charge in [0.2, 0.25) is 5.91 Å². The van der Waals surface area contributed by atoms with Crippen LogP contribution in [-0.4, -0.2) is 69.2 Å². The predicted octanol–water partition coefficient (Wildman–Crippen LogP) is 1.96. The summed E-state index contributed by atoms with van der Waals surface area (Å²) < 4.78 is 6.01. The molecule has 1 heterocycles. The number of ketones is 2. The first-order chi connectivity index (χ1) is 19.1. The monoisotopic (exact) mass is 567 g/mol. The fraction of sp³-hybridized carbons (Fsp3) is 0.500. The summed E-state index contributed by atoms with van der Waals surface area (Å²) in [5, 5.41) is 48.1. The minimum Gasteiger partial charge on any atom is -0.508 e. The van der Waals surface area contributed by atoms with E-state index in [4.69, 9.17) is 10.2 Å². The quantitative estimate of drug-likeness (QED) is 0.292. The smallest absolute Gasteiger partial charge is 0.230 e. The van der Waals surface area contributed by atoms with Crippen molar-refractivity contribution in [3.63, 3.8) is 0 Å². The summed E-state index contributed by atoms with van der Waals surface area (Å²) in [6.07, 6.45) is -1.23. The van der Waals surface area contributed by atoms with Crippen molar-refractivity contribution >= 4 is 23.2 Å². The van der Waals surface area contributed by atoms with Crippen molar-refractivity contribution in [3.05, 3.63) is 46.4 Å². The molecular weight excluding hydrogens is 530 g/mol. The highest BCUT2D eigenvalue weighted by Gasteiger charge is 2.62. The number of nitrogens with two attached hydrogens (primary N) is 1. The average molecular weight is 568 g/mol. The van der Waals surface area contributed by atoms with Crippen molar-refractivity contribution in [1.82, 2.24) is 5.32 Å². The highest BCUT2D eigenvalue weighted by Crippen LogP contribution is 2.53. The summed E-state index contributed by atoms with van der Waals surface area (Å²) in [6, 6.07) is 5.24. The van der Waals surface area contributed by atoms with E-state index in [1.807, 2.05) is 39.8 Å². The lowest BCUT2D eigenvalue weighted by atomic mass is 9.57. The van der Waals surface area contributed by atoms with Crippen LogP contribution in [0.15, 0.2) is 33.9 Å². The molecule has 11 nitrogen and oxygen atoms in total. The molecule has 5 atom stereocenters.